The summed E-state index contributed by atoms with van der Waals surface area (Å²) in [5.41, 5.74) is 10.3. The monoisotopic (exact) mass is 365 g/mol. The molecule has 1 aromatic heterocycles. The molecule has 0 fully saturated rings. The maximum atomic E-state index is 5.21. The molecule has 3 aromatic carbocycles. The van der Waals surface area contributed by atoms with Crippen molar-refractivity contribution in [2.24, 2.45) is 7.05 Å². The Morgan fingerprint density at radius 2 is 1.36 bits per heavy atom. The van der Waals surface area contributed by atoms with Gasteiger partial charge in [0.05, 0.1) is 5.56 Å². The molecule has 0 saturated heterocycles. The molecule has 1 heterocycles. The van der Waals surface area contributed by atoms with Crippen LogP contribution < -0.4 is 4.57 Å². The van der Waals surface area contributed by atoms with Gasteiger partial charge in [-0.1, -0.05) is 72.3 Å². The van der Waals surface area contributed by atoms with E-state index in [-0.39, 0.29) is 0 Å². The number of hydrogen-bond acceptors (Lipinski definition) is 1. The zero-order chi connectivity index (χ0) is 19.7. The third kappa shape index (κ3) is 3.22. The van der Waals surface area contributed by atoms with Gasteiger partial charge in [-0.25, -0.2) is 4.98 Å². The summed E-state index contributed by atoms with van der Waals surface area (Å²) in [6.07, 6.45) is 0. The van der Waals surface area contributed by atoms with Crippen LogP contribution in [-0.2, 0) is 7.05 Å². The Hall–Kier alpha value is -3.26. The van der Waals surface area contributed by atoms with E-state index in [2.05, 4.69) is 105 Å². The largest absolute Gasteiger partial charge is 0.239 e. The molecule has 0 aliphatic carbocycles. The van der Waals surface area contributed by atoms with Crippen LogP contribution in [0.3, 0.4) is 0 Å². The van der Waals surface area contributed by atoms with E-state index in [1.54, 1.807) is 0 Å². The van der Waals surface area contributed by atoms with Crippen molar-refractivity contribution >= 4 is 0 Å². The highest BCUT2D eigenvalue weighted by Gasteiger charge is 2.26. The third-order valence-corrected chi connectivity index (χ3v) is 5.37. The third-order valence-electron chi connectivity index (χ3n) is 5.37. The van der Waals surface area contributed by atoms with E-state index in [0.29, 0.717) is 0 Å². The second-order valence-electron chi connectivity index (χ2n) is 7.35. The van der Waals surface area contributed by atoms with E-state index in [1.165, 1.54) is 16.7 Å². The first kappa shape index (κ1) is 18.1. The van der Waals surface area contributed by atoms with Crippen LogP contribution in [0.4, 0.5) is 0 Å². The molecule has 138 valence electrons. The Morgan fingerprint density at radius 1 is 0.679 bits per heavy atom. The number of rotatable bonds is 3. The smallest absolute Gasteiger partial charge is 0.234 e. The number of aromatic nitrogens is 2. The Labute approximate surface area is 167 Å². The molecule has 4 aromatic rings. The molecular weight excluding hydrogens is 340 g/mol. The summed E-state index contributed by atoms with van der Waals surface area (Å²) in [4.78, 5) is 5.21. The highest BCUT2D eigenvalue weighted by atomic mass is 15.0. The molecule has 0 unspecified atom stereocenters. The molecule has 0 saturated carbocycles. The van der Waals surface area contributed by atoms with Crippen LogP contribution >= 0.6 is 0 Å². The molecule has 2 nitrogen and oxygen atoms in total. The number of benzene rings is 3. The predicted octanol–water partition coefficient (Wildman–Crippen LogP) is 5.83. The number of hydrogen-bond donors (Lipinski definition) is 0. The number of aryl methyl sites for hydroxylation is 2. The molecular formula is C26H25N2+. The first-order valence-corrected chi connectivity index (χ1v) is 9.65. The topological polar surface area (TPSA) is 16.8 Å². The van der Waals surface area contributed by atoms with Crippen LogP contribution in [-0.4, -0.2) is 4.98 Å². The number of nitrogens with zero attached hydrogens (tertiary/aromatic N) is 2. The molecule has 0 amide bonds. The summed E-state index contributed by atoms with van der Waals surface area (Å²) in [5, 5.41) is 0. The fourth-order valence-corrected chi connectivity index (χ4v) is 3.74. The molecule has 0 spiro atoms. The Balaban J connectivity index is 2.07. The minimum atomic E-state index is 1.01. The quantitative estimate of drug-likeness (QED) is 0.417. The van der Waals surface area contributed by atoms with Gasteiger partial charge in [0.1, 0.15) is 18.4 Å². The van der Waals surface area contributed by atoms with Gasteiger partial charge in [0.15, 0.2) is 0 Å². The standard InChI is InChI=1S/C26H25N2/c1-18-11-10-15-22(17-18)24-20(3)28(4)26(23-16-9-8-12-19(23)2)25(27-24)21-13-6-5-7-14-21/h5-17H,1-4H3/q+1. The lowest BCUT2D eigenvalue weighted by molar-refractivity contribution is -0.666. The van der Waals surface area contributed by atoms with Gasteiger partial charge in [-0.2, -0.15) is 4.57 Å². The van der Waals surface area contributed by atoms with Crippen molar-refractivity contribution in [3.05, 3.63) is 95.7 Å². The lowest BCUT2D eigenvalue weighted by atomic mass is 9.98. The van der Waals surface area contributed by atoms with E-state index < -0.39 is 0 Å². The molecule has 0 aliphatic heterocycles. The Morgan fingerprint density at radius 3 is 2.07 bits per heavy atom. The molecule has 0 radical (unpaired) electrons. The Kier molecular flexibility index (Phi) is 4.79. The molecule has 28 heavy (non-hydrogen) atoms. The average Bonchev–Trinajstić information content (AvgIpc) is 2.71. The molecule has 4 rings (SSSR count). The van der Waals surface area contributed by atoms with Crippen molar-refractivity contribution in [2.75, 3.05) is 0 Å². The normalized spacial score (nSPS) is 10.9. The fraction of sp³-hybridized carbons (Fsp3) is 0.154. The predicted molar refractivity (Wildman–Crippen MR) is 116 cm³/mol. The SMILES string of the molecule is Cc1cccc(-c2nc(-c3ccccc3)c(-c3ccccc3C)[n+](C)c2C)c1. The van der Waals surface area contributed by atoms with Crippen LogP contribution in [0.25, 0.3) is 33.8 Å². The summed E-state index contributed by atoms with van der Waals surface area (Å²) in [5.74, 6) is 0. The maximum Gasteiger partial charge on any atom is 0.239 e. The zero-order valence-electron chi connectivity index (χ0n) is 16.9. The maximum absolute atomic E-state index is 5.21. The van der Waals surface area contributed by atoms with E-state index in [9.17, 15) is 0 Å². The summed E-state index contributed by atoms with van der Waals surface area (Å²) in [6, 6.07) is 27.6. The van der Waals surface area contributed by atoms with Crippen LogP contribution in [0.5, 0.6) is 0 Å². The van der Waals surface area contributed by atoms with Crippen molar-refractivity contribution in [1.82, 2.24) is 4.98 Å². The molecule has 0 bridgehead atoms. The van der Waals surface area contributed by atoms with Crippen molar-refractivity contribution in [2.45, 2.75) is 20.8 Å². The van der Waals surface area contributed by atoms with E-state index >= 15 is 0 Å². The van der Waals surface area contributed by atoms with Crippen molar-refractivity contribution in [3.63, 3.8) is 0 Å². The van der Waals surface area contributed by atoms with Crippen LogP contribution in [0.15, 0.2) is 78.9 Å². The first-order chi connectivity index (χ1) is 13.6. The van der Waals surface area contributed by atoms with E-state index in [1.807, 2.05) is 6.07 Å². The van der Waals surface area contributed by atoms with Gasteiger partial charge < -0.3 is 0 Å². The molecule has 0 aliphatic rings. The van der Waals surface area contributed by atoms with Crippen LogP contribution in [0.1, 0.15) is 16.8 Å². The van der Waals surface area contributed by atoms with Crippen molar-refractivity contribution < 1.29 is 4.57 Å². The lowest BCUT2D eigenvalue weighted by Crippen LogP contribution is -2.37. The minimum absolute atomic E-state index is 1.01. The summed E-state index contributed by atoms with van der Waals surface area (Å²) in [7, 11) is 2.14. The van der Waals surface area contributed by atoms with Gasteiger partial charge in [0.2, 0.25) is 11.4 Å². The zero-order valence-corrected chi connectivity index (χ0v) is 16.9. The first-order valence-electron chi connectivity index (χ1n) is 9.65. The van der Waals surface area contributed by atoms with Gasteiger partial charge >= 0.3 is 0 Å². The average molecular weight is 366 g/mol. The highest BCUT2D eigenvalue weighted by Crippen LogP contribution is 2.33. The highest BCUT2D eigenvalue weighted by molar-refractivity contribution is 5.79. The summed E-state index contributed by atoms with van der Waals surface area (Å²) in [6.45, 7) is 6.44. The summed E-state index contributed by atoms with van der Waals surface area (Å²) >= 11 is 0. The second-order valence-corrected chi connectivity index (χ2v) is 7.35. The van der Waals surface area contributed by atoms with E-state index in [0.717, 1.165) is 33.9 Å². The van der Waals surface area contributed by atoms with Crippen LogP contribution in [0, 0.1) is 20.8 Å². The Bertz CT molecular complexity index is 1140. The molecule has 2 heteroatoms. The van der Waals surface area contributed by atoms with Gasteiger partial charge in [0, 0.05) is 18.1 Å². The van der Waals surface area contributed by atoms with Crippen LogP contribution in [0.2, 0.25) is 0 Å². The fourth-order valence-electron chi connectivity index (χ4n) is 3.74. The van der Waals surface area contributed by atoms with Gasteiger partial charge in [-0.05, 0) is 31.5 Å². The second kappa shape index (κ2) is 7.40. The summed E-state index contributed by atoms with van der Waals surface area (Å²) < 4.78 is 2.29. The van der Waals surface area contributed by atoms with Gasteiger partial charge in [0.25, 0.3) is 0 Å². The molecule has 0 N–H and O–H groups in total. The molecule has 0 atom stereocenters. The van der Waals surface area contributed by atoms with Gasteiger partial charge in [-0.3, -0.25) is 0 Å². The van der Waals surface area contributed by atoms with E-state index in [4.69, 9.17) is 4.98 Å². The minimum Gasteiger partial charge on any atom is -0.234 e. The van der Waals surface area contributed by atoms with Gasteiger partial charge in [-0.15, -0.1) is 0 Å². The van der Waals surface area contributed by atoms with Crippen molar-refractivity contribution in [3.8, 4) is 33.8 Å². The lowest BCUT2D eigenvalue weighted by Gasteiger charge is -2.14. The van der Waals surface area contributed by atoms with Crippen molar-refractivity contribution in [1.29, 1.82) is 0 Å².